The Morgan fingerprint density at radius 1 is 1.37 bits per heavy atom. The van der Waals surface area contributed by atoms with E-state index in [0.29, 0.717) is 25.2 Å². The lowest BCUT2D eigenvalue weighted by Gasteiger charge is -2.29. The Balaban J connectivity index is 1.88. The number of nitrogens with one attached hydrogen (secondary N) is 1. The number of rotatable bonds is 6. The van der Waals surface area contributed by atoms with Crippen molar-refractivity contribution in [1.82, 2.24) is 14.8 Å². The van der Waals surface area contributed by atoms with E-state index in [0.717, 1.165) is 38.8 Å². The van der Waals surface area contributed by atoms with Crippen LogP contribution in [0.4, 0.5) is 4.39 Å². The van der Waals surface area contributed by atoms with Crippen molar-refractivity contribution in [3.05, 3.63) is 59.2 Å². The molecule has 5 rings (SSSR count). The lowest BCUT2D eigenvalue weighted by Crippen LogP contribution is -2.34. The molecule has 1 aliphatic heterocycles. The number of methoxy groups -OCH3 is 1. The quantitative estimate of drug-likeness (QED) is 0.396. The van der Waals surface area contributed by atoms with E-state index in [9.17, 15) is 14.3 Å². The zero-order chi connectivity index (χ0) is 25.1. The molecule has 2 aromatic carbocycles. The molecule has 4 aromatic rings. The Morgan fingerprint density at radius 2 is 2.14 bits per heavy atom. The number of carbonyl (C=O) groups is 1. The van der Waals surface area contributed by atoms with Crippen LogP contribution in [0, 0.1) is 12.7 Å². The molecule has 8 heteroatoms. The molecule has 7 nitrogen and oxygen atoms in total. The fourth-order valence-electron chi connectivity index (χ4n) is 5.50. The molecule has 1 aliphatic rings. The Morgan fingerprint density at radius 3 is 2.80 bits per heavy atom. The number of aryl methyl sites for hydroxylation is 1. The summed E-state index contributed by atoms with van der Waals surface area (Å²) in [6.07, 6.45) is 2.13. The molecule has 0 saturated carbocycles. The second-order valence-electron chi connectivity index (χ2n) is 10.4. The Labute approximate surface area is 202 Å². The summed E-state index contributed by atoms with van der Waals surface area (Å²) in [5, 5.41) is 19.0. The van der Waals surface area contributed by atoms with Crippen LogP contribution in [0.3, 0.4) is 0 Å². The molecular formula is C27H30FN3O4. The number of nitrogens with zero attached hydrogens (tertiary/aromatic N) is 2. The maximum atomic E-state index is 14.2. The van der Waals surface area contributed by atoms with Crippen LogP contribution in [0.1, 0.15) is 49.9 Å². The van der Waals surface area contributed by atoms with Crippen molar-refractivity contribution in [2.45, 2.75) is 51.0 Å². The van der Waals surface area contributed by atoms with E-state index >= 15 is 0 Å². The van der Waals surface area contributed by atoms with E-state index in [1.807, 2.05) is 6.07 Å². The third-order valence-electron chi connectivity index (χ3n) is 7.21. The van der Waals surface area contributed by atoms with E-state index in [4.69, 9.17) is 9.47 Å². The predicted molar refractivity (Wildman–Crippen MR) is 132 cm³/mol. The number of carboxylic acid groups (broad SMARTS) is 1. The molecule has 1 saturated heterocycles. The van der Waals surface area contributed by atoms with E-state index in [2.05, 4.69) is 40.7 Å². The standard InChI is InChI=1S/C27H30FN3O4/c1-15-8-18(6-7-20(15)28)31-22-9-16-12-29-30-21(16)10-19(22)23(24(31)26(2,3)14-34-5)17-11-27(4,25(32)33)35-13-17/h6-10,12,17H,11,13-14H2,1-5H3,(H,29,30)(H,32,33)/t17-,27+/m1/s1. The summed E-state index contributed by atoms with van der Waals surface area (Å²) in [5.41, 5.74) is 3.56. The van der Waals surface area contributed by atoms with Gasteiger partial charge in [0.15, 0.2) is 5.60 Å². The smallest absolute Gasteiger partial charge is 0.335 e. The monoisotopic (exact) mass is 479 g/mol. The van der Waals surface area contributed by atoms with Crippen LogP contribution >= 0.6 is 0 Å². The summed E-state index contributed by atoms with van der Waals surface area (Å²) in [5.74, 6) is -1.37. The molecule has 0 amide bonds. The van der Waals surface area contributed by atoms with Gasteiger partial charge in [0.2, 0.25) is 0 Å². The summed E-state index contributed by atoms with van der Waals surface area (Å²) in [7, 11) is 1.67. The minimum absolute atomic E-state index is 0.145. The first-order valence-corrected chi connectivity index (χ1v) is 11.7. The average Bonchev–Trinajstić information content (AvgIpc) is 3.50. The van der Waals surface area contributed by atoms with Gasteiger partial charge in [-0.2, -0.15) is 5.10 Å². The van der Waals surface area contributed by atoms with E-state index in [-0.39, 0.29) is 11.7 Å². The van der Waals surface area contributed by atoms with Crippen LogP contribution in [0.15, 0.2) is 36.5 Å². The maximum Gasteiger partial charge on any atom is 0.335 e. The summed E-state index contributed by atoms with van der Waals surface area (Å²) in [6.45, 7) is 8.34. The minimum atomic E-state index is -1.26. The van der Waals surface area contributed by atoms with Gasteiger partial charge in [0.25, 0.3) is 0 Å². The largest absolute Gasteiger partial charge is 0.479 e. The topological polar surface area (TPSA) is 89.4 Å². The number of hydrogen-bond acceptors (Lipinski definition) is 4. The second kappa shape index (κ2) is 8.17. The molecule has 0 radical (unpaired) electrons. The highest BCUT2D eigenvalue weighted by Gasteiger charge is 2.46. The highest BCUT2D eigenvalue weighted by Crippen LogP contribution is 2.47. The predicted octanol–water partition coefficient (Wildman–Crippen LogP) is 5.23. The van der Waals surface area contributed by atoms with Gasteiger partial charge in [0, 0.05) is 40.6 Å². The summed E-state index contributed by atoms with van der Waals surface area (Å²) < 4.78 is 27.9. The van der Waals surface area contributed by atoms with Crippen LogP contribution in [0.5, 0.6) is 0 Å². The lowest BCUT2D eigenvalue weighted by atomic mass is 9.81. The number of H-pyrrole nitrogens is 1. The average molecular weight is 480 g/mol. The molecular weight excluding hydrogens is 449 g/mol. The Bertz CT molecular complexity index is 1450. The number of fused-ring (bicyclic) bond motifs is 2. The first-order valence-electron chi connectivity index (χ1n) is 11.7. The van der Waals surface area contributed by atoms with Gasteiger partial charge in [0.05, 0.1) is 30.4 Å². The van der Waals surface area contributed by atoms with Gasteiger partial charge in [-0.1, -0.05) is 13.8 Å². The molecule has 2 aromatic heterocycles. The fraction of sp³-hybridized carbons (Fsp3) is 0.407. The molecule has 0 unspecified atom stereocenters. The molecule has 0 aliphatic carbocycles. The van der Waals surface area contributed by atoms with Gasteiger partial charge >= 0.3 is 5.97 Å². The van der Waals surface area contributed by atoms with E-state index < -0.39 is 17.0 Å². The van der Waals surface area contributed by atoms with Crippen LogP contribution in [0.2, 0.25) is 0 Å². The van der Waals surface area contributed by atoms with Crippen molar-refractivity contribution < 1.29 is 23.8 Å². The molecule has 2 N–H and O–H groups in total. The van der Waals surface area contributed by atoms with Crippen LogP contribution in [-0.2, 0) is 19.7 Å². The van der Waals surface area contributed by atoms with Crippen molar-refractivity contribution in [1.29, 1.82) is 0 Å². The number of aromatic amines is 1. The van der Waals surface area contributed by atoms with Gasteiger partial charge in [0.1, 0.15) is 5.82 Å². The van der Waals surface area contributed by atoms with Crippen molar-refractivity contribution in [2.75, 3.05) is 20.3 Å². The third-order valence-corrected chi connectivity index (χ3v) is 7.21. The minimum Gasteiger partial charge on any atom is -0.479 e. The van der Waals surface area contributed by atoms with Crippen molar-refractivity contribution >= 4 is 27.8 Å². The number of halogens is 1. The number of ether oxygens (including phenoxy) is 2. The van der Waals surface area contributed by atoms with Gasteiger partial charge < -0.3 is 19.1 Å². The lowest BCUT2D eigenvalue weighted by molar-refractivity contribution is -0.157. The van der Waals surface area contributed by atoms with Gasteiger partial charge in [-0.15, -0.1) is 0 Å². The maximum absolute atomic E-state index is 14.2. The summed E-state index contributed by atoms with van der Waals surface area (Å²) >= 11 is 0. The molecule has 0 bridgehead atoms. The number of aliphatic carboxylic acids is 1. The third kappa shape index (κ3) is 3.72. The number of aromatic nitrogens is 3. The Kier molecular flexibility index (Phi) is 5.49. The fourth-order valence-corrected chi connectivity index (χ4v) is 5.50. The highest BCUT2D eigenvalue weighted by atomic mass is 19.1. The number of hydrogen-bond donors (Lipinski definition) is 2. The molecule has 184 valence electrons. The normalized spacial score (nSPS) is 20.8. The summed E-state index contributed by atoms with van der Waals surface area (Å²) in [4.78, 5) is 12.0. The number of carboxylic acids is 1. The van der Waals surface area contributed by atoms with Crippen molar-refractivity contribution in [3.63, 3.8) is 0 Å². The number of benzene rings is 2. The molecule has 3 heterocycles. The second-order valence-corrected chi connectivity index (χ2v) is 10.4. The zero-order valence-electron chi connectivity index (χ0n) is 20.6. The molecule has 0 spiro atoms. The summed E-state index contributed by atoms with van der Waals surface area (Å²) in [6, 6.07) is 9.26. The Hall–Kier alpha value is -3.23. The molecule has 1 fully saturated rings. The van der Waals surface area contributed by atoms with Gasteiger partial charge in [-0.3, -0.25) is 5.10 Å². The van der Waals surface area contributed by atoms with Crippen LogP contribution < -0.4 is 0 Å². The zero-order valence-corrected chi connectivity index (χ0v) is 20.6. The van der Waals surface area contributed by atoms with Crippen LogP contribution in [-0.4, -0.2) is 51.8 Å². The first kappa shape index (κ1) is 23.5. The van der Waals surface area contributed by atoms with E-state index in [1.165, 1.54) is 6.07 Å². The first-order chi connectivity index (χ1) is 16.6. The van der Waals surface area contributed by atoms with Gasteiger partial charge in [-0.05, 0) is 61.7 Å². The van der Waals surface area contributed by atoms with E-state index in [1.54, 1.807) is 33.2 Å². The van der Waals surface area contributed by atoms with Crippen LogP contribution in [0.25, 0.3) is 27.5 Å². The SMILES string of the molecule is COCC(C)(C)c1c([C@H]2CO[C@](C)(C(=O)O)C2)c2cc3[nH]ncc3cc2n1-c1ccc(F)c(C)c1. The highest BCUT2D eigenvalue weighted by molar-refractivity contribution is 5.99. The molecule has 2 atom stereocenters. The van der Waals surface area contributed by atoms with Crippen molar-refractivity contribution in [3.8, 4) is 5.69 Å². The van der Waals surface area contributed by atoms with Gasteiger partial charge in [-0.25, -0.2) is 9.18 Å². The molecule has 35 heavy (non-hydrogen) atoms. The van der Waals surface area contributed by atoms with Crippen molar-refractivity contribution in [2.24, 2.45) is 0 Å².